The van der Waals surface area contributed by atoms with Gasteiger partial charge in [-0.25, -0.2) is 0 Å². The highest BCUT2D eigenvalue weighted by Crippen LogP contribution is 2.12. The number of esters is 3. The summed E-state index contributed by atoms with van der Waals surface area (Å²) in [6.45, 7) is 6.26. The quantitative estimate of drug-likeness (QED) is 0.0273. The zero-order chi connectivity index (χ0) is 38.7. The molecule has 0 heterocycles. The molecule has 1 atom stereocenters. The van der Waals surface area contributed by atoms with Gasteiger partial charge in [-0.3, -0.25) is 14.4 Å². The van der Waals surface area contributed by atoms with Crippen LogP contribution in [0.4, 0.5) is 0 Å². The Morgan fingerprint density at radius 2 is 0.736 bits per heavy atom. The molecule has 0 bridgehead atoms. The Hall–Kier alpha value is -3.15. The lowest BCUT2D eigenvalue weighted by molar-refractivity contribution is -0.167. The molecule has 0 rings (SSSR count). The Balaban J connectivity index is 4.30. The van der Waals surface area contributed by atoms with Crippen molar-refractivity contribution in [3.05, 3.63) is 72.9 Å². The standard InChI is InChI=1S/C47H78O6/c1-4-7-10-13-15-17-19-21-22-23-24-26-27-29-31-34-37-40-46(49)52-43-44(42-51-45(48)39-36-33-12-9-6-3)53-47(50)41-38-35-32-30-28-25-20-18-16-14-11-8-5-2/h7-8,10-11,15-18,21-22,25,28,44H,4-6,9,12-14,19-20,23-24,26-27,29-43H2,1-3H3/b10-7-,11-8-,17-15-,18-16-,22-21-,28-25-. The second-order valence-corrected chi connectivity index (χ2v) is 13.8. The highest BCUT2D eigenvalue weighted by atomic mass is 16.6. The Bertz CT molecular complexity index is 1030. The smallest absolute Gasteiger partial charge is 0.306 e. The molecule has 0 aliphatic carbocycles. The summed E-state index contributed by atoms with van der Waals surface area (Å²) in [4.78, 5) is 37.4. The van der Waals surface area contributed by atoms with E-state index in [0.29, 0.717) is 19.3 Å². The maximum atomic E-state index is 12.6. The summed E-state index contributed by atoms with van der Waals surface area (Å²) in [5.41, 5.74) is 0. The van der Waals surface area contributed by atoms with Crippen molar-refractivity contribution in [2.45, 2.75) is 194 Å². The minimum Gasteiger partial charge on any atom is -0.462 e. The van der Waals surface area contributed by atoms with Gasteiger partial charge in [0.25, 0.3) is 0 Å². The molecule has 302 valence electrons. The van der Waals surface area contributed by atoms with Crippen molar-refractivity contribution in [1.29, 1.82) is 0 Å². The summed E-state index contributed by atoms with van der Waals surface area (Å²) in [6, 6.07) is 0. The van der Waals surface area contributed by atoms with Crippen molar-refractivity contribution >= 4 is 17.9 Å². The third-order valence-electron chi connectivity index (χ3n) is 8.71. The second kappa shape index (κ2) is 41.6. The van der Waals surface area contributed by atoms with Gasteiger partial charge >= 0.3 is 17.9 Å². The number of ether oxygens (including phenoxy) is 3. The van der Waals surface area contributed by atoms with E-state index in [1.807, 2.05) is 0 Å². The van der Waals surface area contributed by atoms with E-state index >= 15 is 0 Å². The van der Waals surface area contributed by atoms with E-state index in [4.69, 9.17) is 14.2 Å². The molecule has 0 spiro atoms. The zero-order valence-corrected chi connectivity index (χ0v) is 34.3. The first-order chi connectivity index (χ1) is 26.0. The summed E-state index contributed by atoms with van der Waals surface area (Å²) in [5, 5.41) is 0. The van der Waals surface area contributed by atoms with Crippen molar-refractivity contribution in [3.63, 3.8) is 0 Å². The second-order valence-electron chi connectivity index (χ2n) is 13.8. The van der Waals surface area contributed by atoms with Crippen molar-refractivity contribution in [3.8, 4) is 0 Å². The van der Waals surface area contributed by atoms with Gasteiger partial charge < -0.3 is 14.2 Å². The Labute approximate surface area is 325 Å². The molecule has 0 aliphatic heterocycles. The molecule has 0 saturated heterocycles. The minimum atomic E-state index is -0.789. The van der Waals surface area contributed by atoms with Crippen LogP contribution < -0.4 is 0 Å². The van der Waals surface area contributed by atoms with E-state index < -0.39 is 6.10 Å². The van der Waals surface area contributed by atoms with Gasteiger partial charge in [0.1, 0.15) is 13.2 Å². The maximum Gasteiger partial charge on any atom is 0.306 e. The molecule has 0 radical (unpaired) electrons. The van der Waals surface area contributed by atoms with Gasteiger partial charge in [-0.2, -0.15) is 0 Å². The van der Waals surface area contributed by atoms with Crippen LogP contribution in [0.1, 0.15) is 188 Å². The number of hydrogen-bond acceptors (Lipinski definition) is 6. The SMILES string of the molecule is CC/C=C\C/C=C\C/C=C\CCCCCCCCCC(=O)OCC(COC(=O)CCCCCCC)OC(=O)CCCCC/C=C\C/C=C\C/C=C\CC. The number of carbonyl (C=O) groups is 3. The van der Waals surface area contributed by atoms with Crippen LogP contribution >= 0.6 is 0 Å². The van der Waals surface area contributed by atoms with E-state index in [0.717, 1.165) is 116 Å². The monoisotopic (exact) mass is 739 g/mol. The molecule has 0 saturated carbocycles. The molecule has 53 heavy (non-hydrogen) atoms. The van der Waals surface area contributed by atoms with E-state index in [-0.39, 0.29) is 31.1 Å². The number of unbranched alkanes of at least 4 members (excludes halogenated alkanes) is 14. The third kappa shape index (κ3) is 39.9. The van der Waals surface area contributed by atoms with Crippen LogP contribution in [0.3, 0.4) is 0 Å². The lowest BCUT2D eigenvalue weighted by Gasteiger charge is -2.18. The molecule has 0 aliphatic rings. The lowest BCUT2D eigenvalue weighted by Crippen LogP contribution is -2.30. The fourth-order valence-corrected chi connectivity index (χ4v) is 5.53. The van der Waals surface area contributed by atoms with E-state index in [1.54, 1.807) is 0 Å². The van der Waals surface area contributed by atoms with Gasteiger partial charge in [-0.1, -0.05) is 158 Å². The van der Waals surface area contributed by atoms with Gasteiger partial charge in [0, 0.05) is 19.3 Å². The van der Waals surface area contributed by atoms with Crippen LogP contribution in [0.15, 0.2) is 72.9 Å². The fourth-order valence-electron chi connectivity index (χ4n) is 5.53. The highest BCUT2D eigenvalue weighted by molar-refractivity contribution is 5.71. The summed E-state index contributed by atoms with van der Waals surface area (Å²) >= 11 is 0. The van der Waals surface area contributed by atoms with Gasteiger partial charge in [-0.05, 0) is 83.5 Å². The Morgan fingerprint density at radius 1 is 0.396 bits per heavy atom. The normalized spacial score (nSPS) is 12.7. The van der Waals surface area contributed by atoms with Crippen LogP contribution in [0.25, 0.3) is 0 Å². The van der Waals surface area contributed by atoms with Crippen molar-refractivity contribution in [1.82, 2.24) is 0 Å². The van der Waals surface area contributed by atoms with Crippen LogP contribution in [0.2, 0.25) is 0 Å². The molecular weight excluding hydrogens is 661 g/mol. The summed E-state index contributed by atoms with van der Waals surface area (Å²) in [7, 11) is 0. The van der Waals surface area contributed by atoms with Gasteiger partial charge in [0.15, 0.2) is 6.10 Å². The van der Waals surface area contributed by atoms with E-state index in [2.05, 4.69) is 93.7 Å². The maximum absolute atomic E-state index is 12.6. The molecule has 0 aromatic heterocycles. The van der Waals surface area contributed by atoms with Crippen LogP contribution in [-0.2, 0) is 28.6 Å². The Kier molecular flexibility index (Phi) is 39.1. The molecule has 0 aromatic rings. The Morgan fingerprint density at radius 3 is 1.17 bits per heavy atom. The number of hydrogen-bond donors (Lipinski definition) is 0. The first-order valence-electron chi connectivity index (χ1n) is 21.4. The number of allylic oxidation sites excluding steroid dienone is 12. The number of carbonyl (C=O) groups excluding carboxylic acids is 3. The van der Waals surface area contributed by atoms with Crippen molar-refractivity contribution in [2.24, 2.45) is 0 Å². The first-order valence-corrected chi connectivity index (χ1v) is 21.4. The topological polar surface area (TPSA) is 78.9 Å². The van der Waals surface area contributed by atoms with Crippen molar-refractivity contribution < 1.29 is 28.6 Å². The predicted octanol–water partition coefficient (Wildman–Crippen LogP) is 13.5. The molecule has 0 N–H and O–H groups in total. The highest BCUT2D eigenvalue weighted by Gasteiger charge is 2.19. The van der Waals surface area contributed by atoms with E-state index in [1.165, 1.54) is 32.1 Å². The molecule has 1 unspecified atom stereocenters. The minimum absolute atomic E-state index is 0.0925. The summed E-state index contributed by atoms with van der Waals surface area (Å²) in [5.74, 6) is -0.955. The van der Waals surface area contributed by atoms with Crippen molar-refractivity contribution in [2.75, 3.05) is 13.2 Å². The first kappa shape index (κ1) is 49.9. The van der Waals surface area contributed by atoms with Gasteiger partial charge in [0.05, 0.1) is 0 Å². The average Bonchev–Trinajstić information content (AvgIpc) is 3.15. The van der Waals surface area contributed by atoms with Crippen LogP contribution in [0, 0.1) is 0 Å². The lowest BCUT2D eigenvalue weighted by atomic mass is 10.1. The molecule has 0 amide bonds. The molecular formula is C47H78O6. The predicted molar refractivity (Wildman–Crippen MR) is 224 cm³/mol. The third-order valence-corrected chi connectivity index (χ3v) is 8.71. The largest absolute Gasteiger partial charge is 0.462 e. The summed E-state index contributed by atoms with van der Waals surface area (Å²) < 4.78 is 16.5. The van der Waals surface area contributed by atoms with E-state index in [9.17, 15) is 14.4 Å². The zero-order valence-electron chi connectivity index (χ0n) is 34.3. The molecule has 6 heteroatoms. The molecule has 6 nitrogen and oxygen atoms in total. The van der Waals surface area contributed by atoms with Gasteiger partial charge in [0.2, 0.25) is 0 Å². The fraction of sp³-hybridized carbons (Fsp3) is 0.681. The molecule has 0 fully saturated rings. The molecule has 0 aromatic carbocycles. The average molecular weight is 739 g/mol. The summed E-state index contributed by atoms with van der Waals surface area (Å²) in [6.07, 6.45) is 50.6. The van der Waals surface area contributed by atoms with Crippen LogP contribution in [-0.4, -0.2) is 37.2 Å². The van der Waals surface area contributed by atoms with Crippen LogP contribution in [0.5, 0.6) is 0 Å². The number of rotatable bonds is 37. The van der Waals surface area contributed by atoms with Gasteiger partial charge in [-0.15, -0.1) is 0 Å².